The van der Waals surface area contributed by atoms with Crippen molar-refractivity contribution in [2.45, 2.75) is 65.1 Å². The minimum Gasteiger partial charge on any atom is -0.313 e. The van der Waals surface area contributed by atoms with Crippen molar-refractivity contribution in [3.05, 3.63) is 18.0 Å². The van der Waals surface area contributed by atoms with Gasteiger partial charge in [0.15, 0.2) is 0 Å². The monoisotopic (exact) mass is 278 g/mol. The van der Waals surface area contributed by atoms with Crippen molar-refractivity contribution in [2.75, 3.05) is 19.6 Å². The summed E-state index contributed by atoms with van der Waals surface area (Å²) in [6.07, 6.45) is 10.7. The number of aromatic nitrogens is 2. The summed E-state index contributed by atoms with van der Waals surface area (Å²) in [5.74, 6) is 0. The average molecular weight is 278 g/mol. The van der Waals surface area contributed by atoms with Gasteiger partial charge in [-0.25, -0.2) is 0 Å². The van der Waals surface area contributed by atoms with Crippen LogP contribution in [0, 0.1) is 0 Å². The summed E-state index contributed by atoms with van der Waals surface area (Å²) in [5.41, 5.74) is 1.35. The Morgan fingerprint density at radius 1 is 1.35 bits per heavy atom. The summed E-state index contributed by atoms with van der Waals surface area (Å²) < 4.78 is 2.07. The second-order valence-corrected chi connectivity index (χ2v) is 5.99. The Balaban J connectivity index is 1.86. The first-order valence-electron chi connectivity index (χ1n) is 8.29. The van der Waals surface area contributed by atoms with Crippen LogP contribution in [0.15, 0.2) is 12.4 Å². The van der Waals surface area contributed by atoms with Crippen molar-refractivity contribution in [1.29, 1.82) is 0 Å². The van der Waals surface area contributed by atoms with E-state index in [-0.39, 0.29) is 0 Å². The molecule has 0 amide bonds. The number of piperidine rings is 1. The van der Waals surface area contributed by atoms with E-state index in [1.807, 2.05) is 6.20 Å². The smallest absolute Gasteiger partial charge is 0.0534 e. The van der Waals surface area contributed by atoms with E-state index in [9.17, 15) is 0 Å². The van der Waals surface area contributed by atoms with Gasteiger partial charge in [0.05, 0.1) is 6.20 Å². The van der Waals surface area contributed by atoms with Crippen LogP contribution in [-0.2, 0) is 13.1 Å². The van der Waals surface area contributed by atoms with E-state index in [4.69, 9.17) is 0 Å². The molecular formula is C16H30N4. The van der Waals surface area contributed by atoms with Gasteiger partial charge in [-0.2, -0.15) is 5.10 Å². The molecule has 1 aliphatic rings. The molecule has 1 N–H and O–H groups in total. The number of aryl methyl sites for hydroxylation is 1. The summed E-state index contributed by atoms with van der Waals surface area (Å²) >= 11 is 0. The van der Waals surface area contributed by atoms with E-state index in [0.29, 0.717) is 6.04 Å². The zero-order valence-electron chi connectivity index (χ0n) is 13.1. The van der Waals surface area contributed by atoms with Gasteiger partial charge in [0, 0.05) is 37.4 Å². The molecular weight excluding hydrogens is 248 g/mol. The topological polar surface area (TPSA) is 33.1 Å². The third kappa shape index (κ3) is 4.91. The Labute approximate surface area is 123 Å². The molecule has 0 aliphatic carbocycles. The summed E-state index contributed by atoms with van der Waals surface area (Å²) in [5, 5.41) is 8.10. The van der Waals surface area contributed by atoms with Gasteiger partial charge in [0.25, 0.3) is 0 Å². The Morgan fingerprint density at radius 3 is 2.95 bits per heavy atom. The fraction of sp³-hybridized carbons (Fsp3) is 0.812. The van der Waals surface area contributed by atoms with E-state index in [2.05, 4.69) is 40.0 Å². The number of nitrogens with one attached hydrogen (secondary N) is 1. The number of hydrogen-bond donors (Lipinski definition) is 1. The Hall–Kier alpha value is -0.870. The molecule has 1 fully saturated rings. The minimum absolute atomic E-state index is 0.681. The molecule has 1 aromatic rings. The molecule has 1 unspecified atom stereocenters. The maximum atomic E-state index is 4.44. The number of nitrogens with zero attached hydrogens (tertiary/aromatic N) is 3. The number of rotatable bonds is 8. The van der Waals surface area contributed by atoms with Crippen molar-refractivity contribution >= 4 is 0 Å². The molecule has 0 bridgehead atoms. The second kappa shape index (κ2) is 8.42. The zero-order valence-corrected chi connectivity index (χ0v) is 13.1. The van der Waals surface area contributed by atoms with E-state index >= 15 is 0 Å². The van der Waals surface area contributed by atoms with Crippen LogP contribution in [0.2, 0.25) is 0 Å². The summed E-state index contributed by atoms with van der Waals surface area (Å²) in [6.45, 7) is 10.1. The van der Waals surface area contributed by atoms with Gasteiger partial charge in [-0.3, -0.25) is 9.58 Å². The lowest BCUT2D eigenvalue weighted by Crippen LogP contribution is -2.43. The summed E-state index contributed by atoms with van der Waals surface area (Å²) in [7, 11) is 0. The van der Waals surface area contributed by atoms with Gasteiger partial charge in [-0.1, -0.05) is 20.3 Å². The lowest BCUT2D eigenvalue weighted by Gasteiger charge is -2.30. The molecule has 2 rings (SSSR count). The molecule has 1 aromatic heterocycles. The van der Waals surface area contributed by atoms with Crippen LogP contribution in [0.4, 0.5) is 0 Å². The molecule has 1 aliphatic heterocycles. The average Bonchev–Trinajstić information content (AvgIpc) is 2.88. The van der Waals surface area contributed by atoms with Gasteiger partial charge in [0.1, 0.15) is 0 Å². The maximum absolute atomic E-state index is 4.44. The third-order valence-electron chi connectivity index (χ3n) is 3.98. The van der Waals surface area contributed by atoms with Gasteiger partial charge in [-0.15, -0.1) is 0 Å². The quantitative estimate of drug-likeness (QED) is 0.793. The van der Waals surface area contributed by atoms with Crippen LogP contribution >= 0.6 is 0 Å². The number of hydrogen-bond acceptors (Lipinski definition) is 3. The standard InChI is InChI=1S/C16H30N4/c1-3-9-19(14-16-7-5-6-8-17-16)12-15-11-18-20(13-15)10-4-2/h11,13,16-17H,3-10,12,14H2,1-2H3. The Bertz CT molecular complexity index is 368. The van der Waals surface area contributed by atoms with Crippen molar-refractivity contribution < 1.29 is 0 Å². The van der Waals surface area contributed by atoms with Crippen LogP contribution in [0.5, 0.6) is 0 Å². The molecule has 0 saturated carbocycles. The summed E-state index contributed by atoms with van der Waals surface area (Å²) in [4.78, 5) is 2.58. The largest absolute Gasteiger partial charge is 0.313 e. The summed E-state index contributed by atoms with van der Waals surface area (Å²) in [6, 6.07) is 0.681. The first-order chi connectivity index (χ1) is 9.81. The first-order valence-corrected chi connectivity index (χ1v) is 8.29. The van der Waals surface area contributed by atoms with Crippen LogP contribution in [-0.4, -0.2) is 40.4 Å². The molecule has 4 heteroatoms. The molecule has 1 saturated heterocycles. The first kappa shape index (κ1) is 15.5. The molecule has 0 radical (unpaired) electrons. The lowest BCUT2D eigenvalue weighted by molar-refractivity contribution is 0.217. The van der Waals surface area contributed by atoms with E-state index in [1.165, 1.54) is 50.9 Å². The highest BCUT2D eigenvalue weighted by atomic mass is 15.3. The fourth-order valence-corrected chi connectivity index (χ4v) is 3.04. The second-order valence-electron chi connectivity index (χ2n) is 5.99. The van der Waals surface area contributed by atoms with Gasteiger partial charge < -0.3 is 5.32 Å². The van der Waals surface area contributed by atoms with Gasteiger partial charge in [-0.05, 0) is 38.8 Å². The predicted molar refractivity (Wildman–Crippen MR) is 83.7 cm³/mol. The van der Waals surface area contributed by atoms with E-state index in [0.717, 1.165) is 19.5 Å². The molecule has 114 valence electrons. The highest BCUT2D eigenvalue weighted by Crippen LogP contribution is 2.11. The maximum Gasteiger partial charge on any atom is 0.0534 e. The minimum atomic E-state index is 0.681. The molecule has 2 heterocycles. The lowest BCUT2D eigenvalue weighted by atomic mass is 10.0. The molecule has 1 atom stereocenters. The zero-order chi connectivity index (χ0) is 14.2. The van der Waals surface area contributed by atoms with Crippen LogP contribution in [0.1, 0.15) is 51.5 Å². The van der Waals surface area contributed by atoms with Gasteiger partial charge in [0.2, 0.25) is 0 Å². The normalized spacial score (nSPS) is 19.6. The molecule has 4 nitrogen and oxygen atoms in total. The predicted octanol–water partition coefficient (Wildman–Crippen LogP) is 2.65. The van der Waals surface area contributed by atoms with E-state index in [1.54, 1.807) is 0 Å². The fourth-order valence-electron chi connectivity index (χ4n) is 3.04. The Kier molecular flexibility index (Phi) is 6.54. The molecule has 0 aromatic carbocycles. The molecule has 20 heavy (non-hydrogen) atoms. The van der Waals surface area contributed by atoms with E-state index < -0.39 is 0 Å². The van der Waals surface area contributed by atoms with Crippen LogP contribution in [0.25, 0.3) is 0 Å². The van der Waals surface area contributed by atoms with Crippen molar-refractivity contribution in [3.8, 4) is 0 Å². The van der Waals surface area contributed by atoms with Gasteiger partial charge >= 0.3 is 0 Å². The van der Waals surface area contributed by atoms with Crippen LogP contribution in [0.3, 0.4) is 0 Å². The highest BCUT2D eigenvalue weighted by Gasteiger charge is 2.16. The SMILES string of the molecule is CCCN(Cc1cnn(CCC)c1)CC1CCCCN1. The molecule has 0 spiro atoms. The van der Waals surface area contributed by atoms with Crippen LogP contribution < -0.4 is 5.32 Å². The third-order valence-corrected chi connectivity index (χ3v) is 3.98. The Morgan fingerprint density at radius 2 is 2.25 bits per heavy atom. The van der Waals surface area contributed by atoms with Crippen molar-refractivity contribution in [3.63, 3.8) is 0 Å². The highest BCUT2D eigenvalue weighted by molar-refractivity contribution is 5.03. The van der Waals surface area contributed by atoms with Crippen molar-refractivity contribution in [1.82, 2.24) is 20.0 Å². The van der Waals surface area contributed by atoms with Crippen molar-refractivity contribution in [2.24, 2.45) is 0 Å².